The molecule has 0 saturated carbocycles. The molecule has 90 valence electrons. The second-order valence-electron chi connectivity index (χ2n) is 5.63. The molecule has 3 heteroatoms. The summed E-state index contributed by atoms with van der Waals surface area (Å²) in [7, 11) is -1.64. The lowest BCUT2D eigenvalue weighted by Gasteiger charge is -2.49. The van der Waals surface area contributed by atoms with E-state index in [-0.39, 0.29) is 12.0 Å². The molecule has 0 spiro atoms. The number of hydrogen-bond acceptors (Lipinski definition) is 2. The lowest BCUT2D eigenvalue weighted by molar-refractivity contribution is -0.0747. The Kier molecular flexibility index (Phi) is 4.01. The van der Waals surface area contributed by atoms with Gasteiger partial charge in [-0.3, -0.25) is 0 Å². The summed E-state index contributed by atoms with van der Waals surface area (Å²) in [6.07, 6.45) is 3.35. The van der Waals surface area contributed by atoms with Crippen LogP contribution in [0.5, 0.6) is 0 Å². The third-order valence-electron chi connectivity index (χ3n) is 3.79. The van der Waals surface area contributed by atoms with E-state index >= 15 is 0 Å². The zero-order valence-corrected chi connectivity index (χ0v) is 11.8. The van der Waals surface area contributed by atoms with Crippen LogP contribution in [0, 0.1) is 5.92 Å². The van der Waals surface area contributed by atoms with Crippen LogP contribution in [0.15, 0.2) is 0 Å². The van der Waals surface area contributed by atoms with E-state index in [0.29, 0.717) is 0 Å². The highest BCUT2D eigenvalue weighted by atomic mass is 28.4. The molecule has 1 aliphatic heterocycles. The first-order valence-corrected chi connectivity index (χ1v) is 9.36. The average molecular weight is 230 g/mol. The van der Waals surface area contributed by atoms with Gasteiger partial charge < -0.3 is 9.53 Å². The van der Waals surface area contributed by atoms with E-state index in [4.69, 9.17) is 4.43 Å². The van der Waals surface area contributed by atoms with E-state index in [1.807, 2.05) is 0 Å². The van der Waals surface area contributed by atoms with Crippen molar-refractivity contribution in [2.75, 3.05) is 0 Å². The van der Waals surface area contributed by atoms with E-state index in [2.05, 4.69) is 33.9 Å². The predicted octanol–water partition coefficient (Wildman–Crippen LogP) is 3.17. The van der Waals surface area contributed by atoms with Gasteiger partial charge in [0, 0.05) is 5.92 Å². The molecule has 1 saturated heterocycles. The van der Waals surface area contributed by atoms with Crippen LogP contribution in [0.2, 0.25) is 19.1 Å². The second kappa shape index (κ2) is 4.56. The molecule has 1 unspecified atom stereocenters. The summed E-state index contributed by atoms with van der Waals surface area (Å²) in [6, 6.07) is 0.887. The Morgan fingerprint density at radius 1 is 1.40 bits per heavy atom. The molecule has 0 aromatic heterocycles. The number of aliphatic hydroxyl groups is 1. The smallest absolute Gasteiger partial charge is 0.190 e. The Balaban J connectivity index is 2.83. The van der Waals surface area contributed by atoms with Crippen molar-refractivity contribution in [2.45, 2.75) is 70.9 Å². The van der Waals surface area contributed by atoms with Crippen LogP contribution in [0.3, 0.4) is 0 Å². The molecule has 1 rings (SSSR count). The SMILES string of the molecule is CCC[C@@H]1O[Si](C)(C)C[C@](O)(CC)C1C. The van der Waals surface area contributed by atoms with Gasteiger partial charge in [-0.25, -0.2) is 0 Å². The van der Waals surface area contributed by atoms with Crippen LogP contribution in [0.1, 0.15) is 40.0 Å². The van der Waals surface area contributed by atoms with Crippen LogP contribution in [-0.4, -0.2) is 25.1 Å². The van der Waals surface area contributed by atoms with Gasteiger partial charge in [0.05, 0.1) is 11.7 Å². The minimum Gasteiger partial charge on any atom is -0.414 e. The molecule has 1 fully saturated rings. The van der Waals surface area contributed by atoms with Gasteiger partial charge in [0.25, 0.3) is 0 Å². The van der Waals surface area contributed by atoms with Gasteiger partial charge in [-0.05, 0) is 32.0 Å². The fourth-order valence-electron chi connectivity index (χ4n) is 2.84. The van der Waals surface area contributed by atoms with Crippen LogP contribution in [0.25, 0.3) is 0 Å². The maximum atomic E-state index is 10.6. The van der Waals surface area contributed by atoms with Crippen molar-refractivity contribution in [1.82, 2.24) is 0 Å². The minimum absolute atomic E-state index is 0.273. The molecule has 1 N–H and O–H groups in total. The number of rotatable bonds is 3. The monoisotopic (exact) mass is 230 g/mol. The van der Waals surface area contributed by atoms with Gasteiger partial charge in [0.15, 0.2) is 8.32 Å². The maximum absolute atomic E-state index is 10.6. The first kappa shape index (κ1) is 13.2. The van der Waals surface area contributed by atoms with E-state index in [1.54, 1.807) is 0 Å². The van der Waals surface area contributed by atoms with Crippen LogP contribution < -0.4 is 0 Å². The average Bonchev–Trinajstić information content (AvgIpc) is 2.13. The summed E-state index contributed by atoms with van der Waals surface area (Å²) in [5, 5.41) is 10.6. The van der Waals surface area contributed by atoms with Gasteiger partial charge in [0.2, 0.25) is 0 Å². The standard InChI is InChI=1S/C12H26O2Si/c1-6-8-11-10(3)12(13,7-2)9-15(4,5)14-11/h10-11,13H,6-9H2,1-5H3/t10?,11-,12+/m0/s1. The van der Waals surface area contributed by atoms with Crippen molar-refractivity contribution in [1.29, 1.82) is 0 Å². The van der Waals surface area contributed by atoms with E-state index < -0.39 is 13.9 Å². The molecule has 0 radical (unpaired) electrons. The van der Waals surface area contributed by atoms with Crippen molar-refractivity contribution >= 4 is 8.32 Å². The van der Waals surface area contributed by atoms with Gasteiger partial charge in [0.1, 0.15) is 0 Å². The third-order valence-corrected chi connectivity index (χ3v) is 6.20. The summed E-state index contributed by atoms with van der Waals surface area (Å²) in [5.74, 6) is 0.281. The molecule has 1 aliphatic rings. The fourth-order valence-corrected chi connectivity index (χ4v) is 6.11. The molecule has 0 amide bonds. The van der Waals surface area contributed by atoms with Crippen molar-refractivity contribution in [3.05, 3.63) is 0 Å². The lowest BCUT2D eigenvalue weighted by Crippen LogP contribution is -2.57. The summed E-state index contributed by atoms with van der Waals surface area (Å²) in [6.45, 7) is 10.9. The quantitative estimate of drug-likeness (QED) is 0.755. The Morgan fingerprint density at radius 3 is 2.47 bits per heavy atom. The molecular weight excluding hydrogens is 204 g/mol. The Bertz CT molecular complexity index is 218. The van der Waals surface area contributed by atoms with E-state index in [0.717, 1.165) is 25.3 Å². The Hall–Kier alpha value is 0.137. The molecule has 15 heavy (non-hydrogen) atoms. The molecule has 0 bridgehead atoms. The fraction of sp³-hybridized carbons (Fsp3) is 1.00. The van der Waals surface area contributed by atoms with E-state index in [9.17, 15) is 5.11 Å². The Morgan fingerprint density at radius 2 is 2.00 bits per heavy atom. The zero-order valence-electron chi connectivity index (χ0n) is 10.8. The maximum Gasteiger partial charge on any atom is 0.190 e. The van der Waals surface area contributed by atoms with Crippen molar-refractivity contribution in [3.63, 3.8) is 0 Å². The lowest BCUT2D eigenvalue weighted by atomic mass is 9.82. The van der Waals surface area contributed by atoms with Gasteiger partial charge in [-0.15, -0.1) is 0 Å². The molecule has 3 atom stereocenters. The summed E-state index contributed by atoms with van der Waals surface area (Å²) in [5.41, 5.74) is -0.478. The molecule has 0 aromatic carbocycles. The molecule has 2 nitrogen and oxygen atoms in total. The van der Waals surface area contributed by atoms with E-state index in [1.165, 1.54) is 0 Å². The molecule has 0 aliphatic carbocycles. The third kappa shape index (κ3) is 2.83. The summed E-state index contributed by atoms with van der Waals surface area (Å²) < 4.78 is 6.20. The predicted molar refractivity (Wildman–Crippen MR) is 66.5 cm³/mol. The molecule has 0 aromatic rings. The Labute approximate surface area is 95.2 Å². The summed E-state index contributed by atoms with van der Waals surface area (Å²) in [4.78, 5) is 0. The van der Waals surface area contributed by atoms with Gasteiger partial charge in [-0.2, -0.15) is 0 Å². The highest BCUT2D eigenvalue weighted by Crippen LogP contribution is 2.41. The molecular formula is C12H26O2Si. The first-order valence-electron chi connectivity index (χ1n) is 6.25. The normalized spacial score (nSPS) is 40.4. The van der Waals surface area contributed by atoms with Gasteiger partial charge in [-0.1, -0.05) is 27.2 Å². The highest BCUT2D eigenvalue weighted by molar-refractivity contribution is 6.71. The zero-order chi connectivity index (χ0) is 11.7. The van der Waals surface area contributed by atoms with Crippen LogP contribution in [0.4, 0.5) is 0 Å². The highest BCUT2D eigenvalue weighted by Gasteiger charge is 2.48. The van der Waals surface area contributed by atoms with Crippen molar-refractivity contribution < 1.29 is 9.53 Å². The first-order chi connectivity index (χ1) is 6.84. The minimum atomic E-state index is -1.64. The van der Waals surface area contributed by atoms with Crippen LogP contribution >= 0.6 is 0 Å². The van der Waals surface area contributed by atoms with Crippen molar-refractivity contribution in [3.8, 4) is 0 Å². The number of hydrogen-bond donors (Lipinski definition) is 1. The van der Waals surface area contributed by atoms with Crippen molar-refractivity contribution in [2.24, 2.45) is 5.92 Å². The van der Waals surface area contributed by atoms with Crippen LogP contribution in [-0.2, 0) is 4.43 Å². The topological polar surface area (TPSA) is 29.5 Å². The molecule has 1 heterocycles. The van der Waals surface area contributed by atoms with Gasteiger partial charge >= 0.3 is 0 Å². The summed E-state index contributed by atoms with van der Waals surface area (Å²) >= 11 is 0. The largest absolute Gasteiger partial charge is 0.414 e. The second-order valence-corrected chi connectivity index (χ2v) is 9.74.